The van der Waals surface area contributed by atoms with Crippen LogP contribution in [-0.4, -0.2) is 51.7 Å². The average Bonchev–Trinajstić information content (AvgIpc) is 3.02. The Bertz CT molecular complexity index is 785. The molecule has 2 atom stereocenters. The van der Waals surface area contributed by atoms with Crippen molar-refractivity contribution in [3.8, 4) is 0 Å². The standard InChI is InChI=1S/C11H12N2O2.C6H14N4O2/c12-9(11(14)15)5-7-6-13-10-4-2-1-3-8(7)10;7-4(5(11)12)2-1-3-10-6(8)9/h1-4,6,9,13H,5,12H2,(H,14,15);4H,1-3,7H2,(H,11,12)(H4,8,9,10)/t9-;4-/m00/s1. The molecule has 2 rings (SSSR count). The molecule has 0 fully saturated rings. The Morgan fingerprint density at radius 2 is 1.70 bits per heavy atom. The van der Waals surface area contributed by atoms with Gasteiger partial charge in [0.25, 0.3) is 0 Å². The third-order valence-corrected chi connectivity index (χ3v) is 3.72. The lowest BCUT2D eigenvalue weighted by molar-refractivity contribution is -0.139. The van der Waals surface area contributed by atoms with Crippen molar-refractivity contribution in [1.82, 2.24) is 4.98 Å². The van der Waals surface area contributed by atoms with E-state index in [1.807, 2.05) is 30.5 Å². The molecule has 2 aromatic rings. The summed E-state index contributed by atoms with van der Waals surface area (Å²) >= 11 is 0. The maximum absolute atomic E-state index is 10.6. The number of hydrogen-bond acceptors (Lipinski definition) is 5. The summed E-state index contributed by atoms with van der Waals surface area (Å²) in [6.07, 6.45) is 3.12. The third-order valence-electron chi connectivity index (χ3n) is 3.72. The van der Waals surface area contributed by atoms with Crippen molar-refractivity contribution in [2.24, 2.45) is 27.9 Å². The molecule has 1 heterocycles. The van der Waals surface area contributed by atoms with Gasteiger partial charge in [-0.2, -0.15) is 0 Å². The van der Waals surface area contributed by atoms with Gasteiger partial charge in [0.05, 0.1) is 0 Å². The molecule has 148 valence electrons. The van der Waals surface area contributed by atoms with Gasteiger partial charge in [0.2, 0.25) is 0 Å². The predicted molar refractivity (Wildman–Crippen MR) is 103 cm³/mol. The van der Waals surface area contributed by atoms with Crippen LogP contribution in [0.4, 0.5) is 0 Å². The first-order chi connectivity index (χ1) is 12.7. The molecule has 1 aromatic carbocycles. The van der Waals surface area contributed by atoms with Crippen molar-refractivity contribution in [3.05, 3.63) is 36.0 Å². The number of benzene rings is 1. The molecular formula is C17H26N6O4. The second-order valence-electron chi connectivity index (χ2n) is 5.90. The molecule has 0 saturated heterocycles. The maximum atomic E-state index is 10.6. The number of rotatable bonds is 8. The van der Waals surface area contributed by atoms with E-state index in [2.05, 4.69) is 9.98 Å². The predicted octanol–water partition coefficient (Wildman–Crippen LogP) is -0.426. The number of aliphatic imine (C=N–C) groups is 1. The minimum atomic E-state index is -1.00. The molecule has 0 bridgehead atoms. The van der Waals surface area contributed by atoms with Gasteiger partial charge in [-0.3, -0.25) is 14.6 Å². The maximum Gasteiger partial charge on any atom is 0.320 e. The molecule has 27 heavy (non-hydrogen) atoms. The van der Waals surface area contributed by atoms with Crippen molar-refractivity contribution in [3.63, 3.8) is 0 Å². The highest BCUT2D eigenvalue weighted by molar-refractivity contribution is 5.84. The molecule has 0 unspecified atom stereocenters. The van der Waals surface area contributed by atoms with Crippen LogP contribution in [0.25, 0.3) is 10.9 Å². The smallest absolute Gasteiger partial charge is 0.320 e. The number of fused-ring (bicyclic) bond motifs is 1. The molecule has 1 aromatic heterocycles. The average molecular weight is 378 g/mol. The quantitative estimate of drug-likeness (QED) is 0.182. The summed E-state index contributed by atoms with van der Waals surface area (Å²) < 4.78 is 0. The summed E-state index contributed by atoms with van der Waals surface area (Å²) in [6.45, 7) is 0.420. The fraction of sp³-hybridized carbons (Fsp3) is 0.353. The zero-order valence-corrected chi connectivity index (χ0v) is 14.8. The molecule has 11 N–H and O–H groups in total. The zero-order chi connectivity index (χ0) is 20.4. The summed E-state index contributed by atoms with van der Waals surface area (Å²) in [6, 6.07) is 6.09. The van der Waals surface area contributed by atoms with Crippen molar-refractivity contribution in [1.29, 1.82) is 0 Å². The zero-order valence-electron chi connectivity index (χ0n) is 14.8. The van der Waals surface area contributed by atoms with Crippen LogP contribution in [0, 0.1) is 0 Å². The molecule has 0 radical (unpaired) electrons. The van der Waals surface area contributed by atoms with E-state index in [1.54, 1.807) is 0 Å². The van der Waals surface area contributed by atoms with Gasteiger partial charge in [-0.1, -0.05) is 18.2 Å². The normalized spacial score (nSPS) is 12.5. The van der Waals surface area contributed by atoms with E-state index >= 15 is 0 Å². The number of aromatic nitrogens is 1. The van der Waals surface area contributed by atoms with E-state index in [4.69, 9.17) is 33.1 Å². The number of aliphatic carboxylic acids is 2. The molecular weight excluding hydrogens is 352 g/mol. The Hall–Kier alpha value is -3.11. The number of para-hydroxylation sites is 1. The Labute approximate surface area is 156 Å². The van der Waals surface area contributed by atoms with Crippen LogP contribution in [0.1, 0.15) is 18.4 Å². The molecule has 10 nitrogen and oxygen atoms in total. The largest absolute Gasteiger partial charge is 0.480 e. The van der Waals surface area contributed by atoms with Gasteiger partial charge in [0, 0.05) is 30.1 Å². The van der Waals surface area contributed by atoms with Gasteiger partial charge in [0.15, 0.2) is 5.96 Å². The lowest BCUT2D eigenvalue weighted by Crippen LogP contribution is -2.32. The van der Waals surface area contributed by atoms with Crippen molar-refractivity contribution in [2.45, 2.75) is 31.3 Å². The lowest BCUT2D eigenvalue weighted by atomic mass is 10.1. The number of carboxylic acid groups (broad SMARTS) is 2. The lowest BCUT2D eigenvalue weighted by Gasteiger charge is -2.04. The topological polar surface area (TPSA) is 207 Å². The molecule has 0 aliphatic carbocycles. The van der Waals surface area contributed by atoms with Gasteiger partial charge in [-0.25, -0.2) is 0 Å². The summed E-state index contributed by atoms with van der Waals surface area (Å²) in [7, 11) is 0. The number of nitrogens with two attached hydrogens (primary N) is 4. The minimum absolute atomic E-state index is 0.0129. The Kier molecular flexibility index (Phi) is 8.76. The number of aromatic amines is 1. The highest BCUT2D eigenvalue weighted by atomic mass is 16.4. The highest BCUT2D eigenvalue weighted by Gasteiger charge is 2.14. The summed E-state index contributed by atoms with van der Waals surface area (Å²) in [5, 5.41) is 18.1. The first kappa shape index (κ1) is 21.9. The van der Waals surface area contributed by atoms with E-state index in [-0.39, 0.29) is 5.96 Å². The van der Waals surface area contributed by atoms with Crippen LogP contribution in [0.3, 0.4) is 0 Å². The number of nitrogens with zero attached hydrogens (tertiary/aromatic N) is 1. The van der Waals surface area contributed by atoms with E-state index in [1.165, 1.54) is 0 Å². The second kappa shape index (κ2) is 10.8. The van der Waals surface area contributed by atoms with Gasteiger partial charge >= 0.3 is 11.9 Å². The number of carbonyl (C=O) groups is 2. The van der Waals surface area contributed by atoms with Gasteiger partial charge in [0.1, 0.15) is 12.1 Å². The van der Waals surface area contributed by atoms with Crippen LogP contribution in [-0.2, 0) is 16.0 Å². The molecule has 0 aliphatic rings. The van der Waals surface area contributed by atoms with Crippen molar-refractivity contribution < 1.29 is 19.8 Å². The van der Waals surface area contributed by atoms with Crippen molar-refractivity contribution >= 4 is 28.8 Å². The van der Waals surface area contributed by atoms with Gasteiger partial charge in [-0.15, -0.1) is 0 Å². The number of nitrogens with one attached hydrogen (secondary N) is 1. The number of H-pyrrole nitrogens is 1. The minimum Gasteiger partial charge on any atom is -0.480 e. The van der Waals surface area contributed by atoms with Crippen LogP contribution >= 0.6 is 0 Å². The third kappa shape index (κ3) is 7.75. The SMILES string of the molecule is NC(N)=NCCC[C@H](N)C(=O)O.N[C@@H](Cc1c[nH]c2ccccc12)C(=O)O. The number of carboxylic acids is 2. The van der Waals surface area contributed by atoms with E-state index < -0.39 is 24.0 Å². The Balaban J connectivity index is 0.000000279. The van der Waals surface area contributed by atoms with E-state index in [0.717, 1.165) is 16.5 Å². The molecule has 0 amide bonds. The van der Waals surface area contributed by atoms with Crippen LogP contribution in [0.2, 0.25) is 0 Å². The Morgan fingerprint density at radius 3 is 2.30 bits per heavy atom. The van der Waals surface area contributed by atoms with E-state index in [0.29, 0.717) is 25.8 Å². The van der Waals surface area contributed by atoms with E-state index in [9.17, 15) is 9.59 Å². The molecule has 0 spiro atoms. The molecule has 0 aliphatic heterocycles. The fourth-order valence-corrected chi connectivity index (χ4v) is 2.27. The van der Waals surface area contributed by atoms with Crippen LogP contribution < -0.4 is 22.9 Å². The summed E-state index contributed by atoms with van der Waals surface area (Å²) in [4.78, 5) is 27.6. The summed E-state index contributed by atoms with van der Waals surface area (Å²) in [5.41, 5.74) is 22.8. The molecule has 10 heteroatoms. The fourth-order valence-electron chi connectivity index (χ4n) is 2.27. The monoisotopic (exact) mass is 378 g/mol. The Morgan fingerprint density at radius 1 is 1.07 bits per heavy atom. The second-order valence-corrected chi connectivity index (χ2v) is 5.90. The van der Waals surface area contributed by atoms with Gasteiger partial charge < -0.3 is 38.1 Å². The van der Waals surface area contributed by atoms with Crippen LogP contribution in [0.5, 0.6) is 0 Å². The van der Waals surface area contributed by atoms with Crippen molar-refractivity contribution in [2.75, 3.05) is 6.54 Å². The number of hydrogen-bond donors (Lipinski definition) is 7. The number of guanidine groups is 1. The molecule has 0 saturated carbocycles. The summed E-state index contributed by atoms with van der Waals surface area (Å²) in [5.74, 6) is -1.96. The van der Waals surface area contributed by atoms with Gasteiger partial charge in [-0.05, 0) is 24.5 Å². The van der Waals surface area contributed by atoms with Crippen LogP contribution in [0.15, 0.2) is 35.5 Å². The first-order valence-electron chi connectivity index (χ1n) is 8.29. The first-order valence-corrected chi connectivity index (χ1v) is 8.29. The highest BCUT2D eigenvalue weighted by Crippen LogP contribution is 2.18.